The van der Waals surface area contributed by atoms with E-state index in [1.807, 2.05) is 0 Å². The van der Waals surface area contributed by atoms with Gasteiger partial charge in [0.25, 0.3) is 0 Å². The van der Waals surface area contributed by atoms with Crippen molar-refractivity contribution in [3.63, 3.8) is 0 Å². The molecule has 7 heteroatoms. The Bertz CT molecular complexity index is 703. The summed E-state index contributed by atoms with van der Waals surface area (Å²) in [6.45, 7) is 0.182. The molecule has 0 aliphatic carbocycles. The van der Waals surface area contributed by atoms with Crippen molar-refractivity contribution in [2.75, 3.05) is 11.0 Å². The molecule has 0 fully saturated rings. The van der Waals surface area contributed by atoms with Gasteiger partial charge in [0.05, 0.1) is 24.0 Å². The first-order valence-electron chi connectivity index (χ1n) is 5.14. The molecule has 1 heterocycles. The van der Waals surface area contributed by atoms with E-state index >= 15 is 0 Å². The number of hydrogen-bond donors (Lipinski definition) is 2. The molecule has 0 atom stereocenters. The van der Waals surface area contributed by atoms with E-state index < -0.39 is 10.0 Å². The number of phenols is 1. The molecule has 96 valence electrons. The van der Waals surface area contributed by atoms with Gasteiger partial charge in [-0.15, -0.1) is 0 Å². The quantitative estimate of drug-likeness (QED) is 0.637. The van der Waals surface area contributed by atoms with Crippen LogP contribution in [0.1, 0.15) is 0 Å². The third kappa shape index (κ3) is 2.45. The van der Waals surface area contributed by atoms with Gasteiger partial charge in [0, 0.05) is 17.6 Å². The number of nitrogens with zero attached hydrogens (tertiary/aromatic N) is 1. The summed E-state index contributed by atoms with van der Waals surface area (Å²) >= 11 is 0. The topological polar surface area (TPSA) is 88.4 Å². The Morgan fingerprint density at radius 1 is 1.44 bits per heavy atom. The molecule has 0 amide bonds. The molecular formula is C11H12N2O4S. The second kappa shape index (κ2) is 4.34. The third-order valence-corrected chi connectivity index (χ3v) is 3.05. The molecule has 0 radical (unpaired) electrons. The number of carbonyl (C=O) groups excluding carboxylic acids is 1. The maximum absolute atomic E-state index is 11.1. The number of carbonyl (C=O) groups is 1. The number of fused-ring (bicyclic) bond motifs is 1. The molecule has 0 saturated carbocycles. The highest BCUT2D eigenvalue weighted by atomic mass is 32.2. The number of aldehydes is 1. The van der Waals surface area contributed by atoms with Crippen LogP contribution in [0.2, 0.25) is 0 Å². The molecule has 1 aromatic heterocycles. The second-order valence-corrected chi connectivity index (χ2v) is 5.69. The average molecular weight is 268 g/mol. The van der Waals surface area contributed by atoms with E-state index in [2.05, 4.69) is 4.72 Å². The lowest BCUT2D eigenvalue weighted by Crippen LogP contribution is -2.09. The number of aromatic nitrogens is 1. The lowest BCUT2D eigenvalue weighted by atomic mass is 10.2. The number of aromatic hydroxyl groups is 1. The minimum Gasteiger partial charge on any atom is -0.506 e. The van der Waals surface area contributed by atoms with Gasteiger partial charge in [0.2, 0.25) is 10.0 Å². The normalized spacial score (nSPS) is 11.6. The Morgan fingerprint density at radius 3 is 2.78 bits per heavy atom. The van der Waals surface area contributed by atoms with Gasteiger partial charge in [-0.05, 0) is 12.1 Å². The first kappa shape index (κ1) is 12.4. The summed E-state index contributed by atoms with van der Waals surface area (Å²) in [4.78, 5) is 10.5. The van der Waals surface area contributed by atoms with E-state index in [4.69, 9.17) is 0 Å². The van der Waals surface area contributed by atoms with Crippen LogP contribution in [0.5, 0.6) is 5.75 Å². The highest BCUT2D eigenvalue weighted by Crippen LogP contribution is 2.30. The first-order chi connectivity index (χ1) is 8.40. The first-order valence-corrected chi connectivity index (χ1v) is 7.03. The van der Waals surface area contributed by atoms with Crippen LogP contribution in [-0.4, -0.2) is 30.6 Å². The summed E-state index contributed by atoms with van der Waals surface area (Å²) in [7, 11) is -3.44. The lowest BCUT2D eigenvalue weighted by molar-refractivity contribution is -0.108. The van der Waals surface area contributed by atoms with Crippen molar-refractivity contribution in [3.05, 3.63) is 24.4 Å². The van der Waals surface area contributed by atoms with Crippen LogP contribution in [0.25, 0.3) is 10.9 Å². The monoisotopic (exact) mass is 268 g/mol. The Hall–Kier alpha value is -2.02. The SMILES string of the molecule is CS(=O)(=O)Nc1cc2ccn(CC=O)c2cc1O. The fraction of sp³-hybridized carbons (Fsp3) is 0.182. The number of sulfonamides is 1. The summed E-state index contributed by atoms with van der Waals surface area (Å²) in [5.41, 5.74) is 0.785. The van der Waals surface area contributed by atoms with Crippen LogP contribution < -0.4 is 4.72 Å². The predicted molar refractivity (Wildman–Crippen MR) is 68.1 cm³/mol. The molecule has 1 aromatic carbocycles. The zero-order valence-corrected chi connectivity index (χ0v) is 10.4. The van der Waals surface area contributed by atoms with Gasteiger partial charge in [-0.1, -0.05) is 0 Å². The second-order valence-electron chi connectivity index (χ2n) is 3.94. The molecule has 0 saturated heterocycles. The van der Waals surface area contributed by atoms with Crippen molar-refractivity contribution in [2.24, 2.45) is 0 Å². The molecule has 2 rings (SSSR count). The highest BCUT2D eigenvalue weighted by Gasteiger charge is 2.10. The minimum absolute atomic E-state index is 0.119. The van der Waals surface area contributed by atoms with E-state index in [0.717, 1.165) is 17.9 Å². The third-order valence-electron chi connectivity index (χ3n) is 2.46. The number of phenolic OH excluding ortho intramolecular Hbond substituents is 1. The van der Waals surface area contributed by atoms with Gasteiger partial charge < -0.3 is 14.5 Å². The van der Waals surface area contributed by atoms with Gasteiger partial charge in [-0.25, -0.2) is 8.42 Å². The van der Waals surface area contributed by atoms with Crippen LogP contribution >= 0.6 is 0 Å². The Labute approximate surface area is 104 Å². The van der Waals surface area contributed by atoms with Gasteiger partial charge >= 0.3 is 0 Å². The smallest absolute Gasteiger partial charge is 0.229 e. The zero-order valence-electron chi connectivity index (χ0n) is 9.62. The van der Waals surface area contributed by atoms with Crippen molar-refractivity contribution in [1.29, 1.82) is 0 Å². The van der Waals surface area contributed by atoms with Crippen molar-refractivity contribution in [1.82, 2.24) is 4.57 Å². The molecule has 2 aromatic rings. The standard InChI is InChI=1S/C11H12N2O4S/c1-18(16,17)12-9-6-8-2-3-13(4-5-14)10(8)7-11(9)15/h2-3,5-7,12,15H,4H2,1H3. The van der Waals surface area contributed by atoms with Crippen LogP contribution in [-0.2, 0) is 21.4 Å². The molecule has 0 unspecified atom stereocenters. The summed E-state index contributed by atoms with van der Waals surface area (Å²) in [6, 6.07) is 4.69. The molecule has 0 aliphatic rings. The van der Waals surface area contributed by atoms with Gasteiger partial charge in [-0.2, -0.15) is 0 Å². The summed E-state index contributed by atoms with van der Waals surface area (Å²) in [5, 5.41) is 10.5. The molecule has 6 nitrogen and oxygen atoms in total. The molecule has 0 spiro atoms. The summed E-state index contributed by atoms with van der Waals surface area (Å²) < 4.78 is 26.1. The summed E-state index contributed by atoms with van der Waals surface area (Å²) in [5.74, 6) is -0.182. The van der Waals surface area contributed by atoms with Crippen LogP contribution in [0.4, 0.5) is 5.69 Å². The Morgan fingerprint density at radius 2 is 2.17 bits per heavy atom. The van der Waals surface area contributed by atoms with Crippen LogP contribution in [0, 0.1) is 0 Å². The minimum atomic E-state index is -3.44. The number of nitrogens with one attached hydrogen (secondary N) is 1. The van der Waals surface area contributed by atoms with Gasteiger partial charge in [-0.3, -0.25) is 4.72 Å². The molecule has 2 N–H and O–H groups in total. The van der Waals surface area contributed by atoms with Gasteiger partial charge in [0.15, 0.2) is 0 Å². The van der Waals surface area contributed by atoms with Crippen molar-refractivity contribution >= 4 is 32.9 Å². The van der Waals surface area contributed by atoms with Crippen LogP contribution in [0.15, 0.2) is 24.4 Å². The number of anilines is 1. The fourth-order valence-electron chi connectivity index (χ4n) is 1.75. The molecule has 18 heavy (non-hydrogen) atoms. The molecule has 0 bridgehead atoms. The summed E-state index contributed by atoms with van der Waals surface area (Å²) in [6.07, 6.45) is 3.45. The van der Waals surface area contributed by atoms with E-state index in [9.17, 15) is 18.3 Å². The van der Waals surface area contributed by atoms with Crippen LogP contribution in [0.3, 0.4) is 0 Å². The molecule has 0 aliphatic heterocycles. The fourth-order valence-corrected chi connectivity index (χ4v) is 2.31. The van der Waals surface area contributed by atoms with Gasteiger partial charge in [0.1, 0.15) is 12.0 Å². The van der Waals surface area contributed by atoms with Crippen molar-refractivity contribution < 1.29 is 18.3 Å². The van der Waals surface area contributed by atoms with E-state index in [-0.39, 0.29) is 18.0 Å². The highest BCUT2D eigenvalue weighted by molar-refractivity contribution is 7.92. The Balaban J connectivity index is 2.53. The van der Waals surface area contributed by atoms with Crippen molar-refractivity contribution in [2.45, 2.75) is 6.54 Å². The van der Waals surface area contributed by atoms with Crippen molar-refractivity contribution in [3.8, 4) is 5.75 Å². The Kier molecular flexibility index (Phi) is 3.00. The predicted octanol–water partition coefficient (Wildman–Crippen LogP) is 0.917. The van der Waals surface area contributed by atoms with E-state index in [0.29, 0.717) is 5.52 Å². The maximum atomic E-state index is 11.1. The number of rotatable bonds is 4. The zero-order chi connectivity index (χ0) is 13.3. The molecular weight excluding hydrogens is 256 g/mol. The lowest BCUT2D eigenvalue weighted by Gasteiger charge is -2.07. The van der Waals surface area contributed by atoms with E-state index in [1.54, 1.807) is 16.8 Å². The maximum Gasteiger partial charge on any atom is 0.229 e. The number of benzene rings is 1. The number of hydrogen-bond acceptors (Lipinski definition) is 4. The average Bonchev–Trinajstić information content (AvgIpc) is 2.60. The van der Waals surface area contributed by atoms with E-state index in [1.165, 1.54) is 12.1 Å². The largest absolute Gasteiger partial charge is 0.506 e.